The van der Waals surface area contributed by atoms with Crippen molar-refractivity contribution in [3.8, 4) is 11.1 Å². The van der Waals surface area contributed by atoms with Crippen LogP contribution < -0.4 is 4.72 Å². The number of rotatable bonds is 3. The van der Waals surface area contributed by atoms with Crippen LogP contribution in [0.15, 0.2) is 53.4 Å². The first-order valence-electron chi connectivity index (χ1n) is 5.14. The van der Waals surface area contributed by atoms with Gasteiger partial charge in [-0.15, -0.1) is 0 Å². The summed E-state index contributed by atoms with van der Waals surface area (Å²) in [5, 5.41) is 0. The van der Waals surface area contributed by atoms with E-state index in [2.05, 4.69) is 10.8 Å². The fourth-order valence-electron chi connectivity index (χ4n) is 1.62. The van der Waals surface area contributed by atoms with Crippen molar-refractivity contribution in [2.45, 2.75) is 4.90 Å². The van der Waals surface area contributed by atoms with Gasteiger partial charge >= 0.3 is 0 Å². The van der Waals surface area contributed by atoms with E-state index in [4.69, 9.17) is 0 Å². The van der Waals surface area contributed by atoms with Crippen LogP contribution in [0.1, 0.15) is 0 Å². The fourth-order valence-corrected chi connectivity index (χ4v) is 2.57. The Morgan fingerprint density at radius 2 is 1.71 bits per heavy atom. The molecule has 0 aliphatic heterocycles. The number of hydrogen-bond donors (Lipinski definition) is 1. The lowest BCUT2D eigenvalue weighted by Crippen LogP contribution is -2.19. The molecule has 17 heavy (non-hydrogen) atoms. The van der Waals surface area contributed by atoms with Crippen LogP contribution in [0.5, 0.6) is 0 Å². The van der Waals surface area contributed by atoms with Crippen molar-refractivity contribution in [1.29, 1.82) is 0 Å². The summed E-state index contributed by atoms with van der Waals surface area (Å²) in [5.41, 5.74) is 1.55. The molecule has 0 saturated carbocycles. The molecule has 0 saturated heterocycles. The smallest absolute Gasteiger partial charge is 0.214 e. The van der Waals surface area contributed by atoms with Crippen molar-refractivity contribution < 1.29 is 8.42 Å². The minimum Gasteiger partial charge on any atom is -0.214 e. The van der Waals surface area contributed by atoms with Gasteiger partial charge in [-0.05, 0) is 24.7 Å². The summed E-state index contributed by atoms with van der Waals surface area (Å²) in [4.78, 5) is 0.286. The Morgan fingerprint density at radius 3 is 2.35 bits per heavy atom. The monoisotopic (exact) mass is 246 g/mol. The molecule has 2 aromatic rings. The quantitative estimate of drug-likeness (QED) is 0.901. The van der Waals surface area contributed by atoms with Crippen LogP contribution in [0.4, 0.5) is 0 Å². The van der Waals surface area contributed by atoms with Crippen molar-refractivity contribution >= 4 is 10.0 Å². The summed E-state index contributed by atoms with van der Waals surface area (Å²) in [6.45, 7) is 0. The van der Waals surface area contributed by atoms with Crippen LogP contribution in [-0.4, -0.2) is 15.5 Å². The largest absolute Gasteiger partial charge is 0.240 e. The fraction of sp³-hybridized carbons (Fsp3) is 0.0769. The summed E-state index contributed by atoms with van der Waals surface area (Å²) in [6.07, 6.45) is 0. The minimum atomic E-state index is -3.44. The maximum absolute atomic E-state index is 11.9. The molecule has 0 spiro atoms. The average Bonchev–Trinajstić information content (AvgIpc) is 2.40. The molecule has 0 fully saturated rings. The van der Waals surface area contributed by atoms with Crippen molar-refractivity contribution in [2.24, 2.45) is 0 Å². The van der Waals surface area contributed by atoms with E-state index < -0.39 is 10.0 Å². The molecular weight excluding hydrogens is 234 g/mol. The second-order valence-corrected chi connectivity index (χ2v) is 5.35. The van der Waals surface area contributed by atoms with E-state index in [0.717, 1.165) is 5.56 Å². The SMILES string of the molecule is CNS(=O)(=O)c1ccccc1-c1cc[c]cc1. The first kappa shape index (κ1) is 11.8. The molecule has 0 heterocycles. The van der Waals surface area contributed by atoms with Gasteiger partial charge in [0.1, 0.15) is 0 Å². The molecule has 0 aliphatic carbocycles. The molecule has 0 amide bonds. The van der Waals surface area contributed by atoms with Gasteiger partial charge in [-0.2, -0.15) is 0 Å². The van der Waals surface area contributed by atoms with Gasteiger partial charge in [-0.3, -0.25) is 0 Å². The van der Waals surface area contributed by atoms with Crippen LogP contribution in [0.25, 0.3) is 11.1 Å². The summed E-state index contributed by atoms with van der Waals surface area (Å²) < 4.78 is 26.1. The third-order valence-corrected chi connectivity index (χ3v) is 3.95. The summed E-state index contributed by atoms with van der Waals surface area (Å²) >= 11 is 0. The maximum atomic E-state index is 11.9. The Labute approximate surface area is 101 Å². The van der Waals surface area contributed by atoms with Gasteiger partial charge < -0.3 is 0 Å². The lowest BCUT2D eigenvalue weighted by molar-refractivity contribution is 0.588. The Kier molecular flexibility index (Phi) is 3.26. The van der Waals surface area contributed by atoms with Gasteiger partial charge in [-0.1, -0.05) is 42.5 Å². The predicted molar refractivity (Wildman–Crippen MR) is 67.0 cm³/mol. The highest BCUT2D eigenvalue weighted by Crippen LogP contribution is 2.26. The van der Waals surface area contributed by atoms with Crippen molar-refractivity contribution in [1.82, 2.24) is 4.72 Å². The number of hydrogen-bond acceptors (Lipinski definition) is 2. The molecule has 4 heteroatoms. The molecule has 0 aliphatic rings. The van der Waals surface area contributed by atoms with Gasteiger partial charge in [-0.25, -0.2) is 13.1 Å². The molecule has 1 N–H and O–H groups in total. The first-order chi connectivity index (χ1) is 8.15. The molecule has 0 unspecified atom stereocenters. The Morgan fingerprint density at radius 1 is 1.06 bits per heavy atom. The maximum Gasteiger partial charge on any atom is 0.240 e. The molecule has 87 valence electrons. The molecule has 3 nitrogen and oxygen atoms in total. The van der Waals surface area contributed by atoms with E-state index in [1.54, 1.807) is 30.3 Å². The third kappa shape index (κ3) is 2.38. The topological polar surface area (TPSA) is 46.2 Å². The van der Waals surface area contributed by atoms with Gasteiger partial charge in [0.05, 0.1) is 4.90 Å². The molecule has 0 aromatic heterocycles. The second-order valence-electron chi connectivity index (χ2n) is 3.49. The van der Waals surface area contributed by atoms with E-state index in [-0.39, 0.29) is 4.90 Å². The van der Waals surface area contributed by atoms with Crippen LogP contribution in [0.2, 0.25) is 0 Å². The standard InChI is InChI=1S/C13H12NO2S/c1-14-17(15,16)13-10-6-5-9-12(13)11-7-3-2-4-8-11/h3-10,14H,1H3. The second kappa shape index (κ2) is 4.69. The van der Waals surface area contributed by atoms with E-state index in [1.807, 2.05) is 18.2 Å². The third-order valence-electron chi connectivity index (χ3n) is 2.47. The molecule has 0 atom stereocenters. The molecule has 2 rings (SSSR count). The first-order valence-corrected chi connectivity index (χ1v) is 6.62. The zero-order chi connectivity index (χ0) is 12.3. The predicted octanol–water partition coefficient (Wildman–Crippen LogP) is 2.06. The highest BCUT2D eigenvalue weighted by Gasteiger charge is 2.16. The number of sulfonamides is 1. The molecule has 0 bridgehead atoms. The Bertz CT molecular complexity index is 606. The Hall–Kier alpha value is -1.65. The van der Waals surface area contributed by atoms with Gasteiger partial charge in [0.25, 0.3) is 0 Å². The highest BCUT2D eigenvalue weighted by atomic mass is 32.2. The van der Waals surface area contributed by atoms with E-state index in [1.165, 1.54) is 7.05 Å². The van der Waals surface area contributed by atoms with E-state index >= 15 is 0 Å². The van der Waals surface area contributed by atoms with E-state index in [9.17, 15) is 8.42 Å². The van der Waals surface area contributed by atoms with Crippen LogP contribution in [-0.2, 0) is 10.0 Å². The van der Waals surface area contributed by atoms with Crippen LogP contribution >= 0.6 is 0 Å². The zero-order valence-corrected chi connectivity index (χ0v) is 10.2. The Balaban J connectivity index is 2.65. The number of nitrogens with one attached hydrogen (secondary N) is 1. The number of benzene rings is 2. The van der Waals surface area contributed by atoms with Gasteiger partial charge in [0.15, 0.2) is 0 Å². The highest BCUT2D eigenvalue weighted by molar-refractivity contribution is 7.89. The van der Waals surface area contributed by atoms with Crippen molar-refractivity contribution in [3.63, 3.8) is 0 Å². The molecule has 2 aromatic carbocycles. The molecule has 1 radical (unpaired) electrons. The lowest BCUT2D eigenvalue weighted by atomic mass is 10.1. The summed E-state index contributed by atoms with van der Waals surface area (Å²) in [5.74, 6) is 0. The zero-order valence-electron chi connectivity index (χ0n) is 9.34. The average molecular weight is 246 g/mol. The van der Waals surface area contributed by atoms with Crippen molar-refractivity contribution in [2.75, 3.05) is 7.05 Å². The van der Waals surface area contributed by atoms with Gasteiger partial charge in [0.2, 0.25) is 10.0 Å². The van der Waals surface area contributed by atoms with Crippen LogP contribution in [0.3, 0.4) is 0 Å². The molecular formula is C13H12NO2S. The summed E-state index contributed by atoms with van der Waals surface area (Å²) in [7, 11) is -2.03. The van der Waals surface area contributed by atoms with Crippen molar-refractivity contribution in [3.05, 3.63) is 54.6 Å². The lowest BCUT2D eigenvalue weighted by Gasteiger charge is -2.09. The van der Waals surface area contributed by atoms with Crippen LogP contribution in [0, 0.1) is 6.07 Å². The normalized spacial score (nSPS) is 11.4. The van der Waals surface area contributed by atoms with E-state index in [0.29, 0.717) is 5.56 Å². The summed E-state index contributed by atoms with van der Waals surface area (Å²) in [6, 6.07) is 17.0. The minimum absolute atomic E-state index is 0.286. The van der Waals surface area contributed by atoms with Gasteiger partial charge in [0, 0.05) is 5.56 Å².